The third kappa shape index (κ3) is 4.70. The van der Waals surface area contributed by atoms with Crippen LogP contribution in [0.1, 0.15) is 27.2 Å². The molecule has 1 saturated heterocycles. The second-order valence-corrected chi connectivity index (χ2v) is 5.76. The third-order valence-corrected chi connectivity index (χ3v) is 2.85. The van der Waals surface area contributed by atoms with Crippen molar-refractivity contribution in [1.29, 1.82) is 0 Å². The highest BCUT2D eigenvalue weighted by Gasteiger charge is 2.45. The lowest BCUT2D eigenvalue weighted by Crippen LogP contribution is -2.58. The summed E-state index contributed by atoms with van der Waals surface area (Å²) >= 11 is 0. The van der Waals surface area contributed by atoms with Crippen molar-refractivity contribution in [2.75, 3.05) is 6.61 Å². The first-order chi connectivity index (χ1) is 8.76. The van der Waals surface area contributed by atoms with Crippen molar-refractivity contribution in [3.63, 3.8) is 0 Å². The summed E-state index contributed by atoms with van der Waals surface area (Å²) in [5.74, 6) is 0. The fourth-order valence-corrected chi connectivity index (χ4v) is 1.60. The van der Waals surface area contributed by atoms with Gasteiger partial charge in [-0.2, -0.15) is 0 Å². The van der Waals surface area contributed by atoms with Crippen LogP contribution < -0.4 is 0 Å². The molecule has 7 heteroatoms. The minimum absolute atomic E-state index is 0.0520. The van der Waals surface area contributed by atoms with Gasteiger partial charge in [-0.05, 0) is 11.8 Å². The lowest BCUT2D eigenvalue weighted by molar-refractivity contribution is -0.340. The molecule has 1 heterocycles. The monoisotopic (exact) mass is 278 g/mol. The average Bonchev–Trinajstić information content (AvgIpc) is 2.31. The molecule has 0 amide bonds. The maximum absolute atomic E-state index is 10.3. The number of hydrogen-bond donors (Lipinski definition) is 3. The topological polar surface area (TPSA) is 105 Å². The number of aliphatic hydroxyl groups excluding tert-OH is 3. The molecular formula is C12H22O7. The van der Waals surface area contributed by atoms with Crippen LogP contribution in [0.2, 0.25) is 0 Å². The van der Waals surface area contributed by atoms with E-state index >= 15 is 0 Å². The Morgan fingerprint density at radius 2 is 1.68 bits per heavy atom. The first kappa shape index (κ1) is 16.3. The number of rotatable bonds is 5. The van der Waals surface area contributed by atoms with Crippen molar-refractivity contribution in [3.8, 4) is 0 Å². The van der Waals surface area contributed by atoms with Crippen LogP contribution in [0.4, 0.5) is 0 Å². The van der Waals surface area contributed by atoms with Gasteiger partial charge in [-0.15, -0.1) is 0 Å². The van der Waals surface area contributed by atoms with Gasteiger partial charge < -0.3 is 29.5 Å². The molecule has 0 spiro atoms. The van der Waals surface area contributed by atoms with Gasteiger partial charge in [0.05, 0.1) is 6.61 Å². The zero-order valence-electron chi connectivity index (χ0n) is 11.4. The minimum atomic E-state index is -1.51. The summed E-state index contributed by atoms with van der Waals surface area (Å²) in [4.78, 5) is 10.3. The Kier molecular flexibility index (Phi) is 5.69. The van der Waals surface area contributed by atoms with Crippen molar-refractivity contribution in [2.45, 2.75) is 58.1 Å². The Morgan fingerprint density at radius 1 is 1.11 bits per heavy atom. The largest absolute Gasteiger partial charge is 0.435 e. The van der Waals surface area contributed by atoms with E-state index < -0.39 is 30.9 Å². The molecule has 0 aliphatic carbocycles. The van der Waals surface area contributed by atoms with Gasteiger partial charge in [0.25, 0.3) is 6.47 Å². The lowest BCUT2D eigenvalue weighted by atomic mass is 9.93. The Balaban J connectivity index is 2.54. The van der Waals surface area contributed by atoms with Crippen LogP contribution >= 0.6 is 0 Å². The van der Waals surface area contributed by atoms with Crippen molar-refractivity contribution in [3.05, 3.63) is 0 Å². The van der Waals surface area contributed by atoms with E-state index in [-0.39, 0.29) is 11.9 Å². The third-order valence-electron chi connectivity index (χ3n) is 2.85. The van der Waals surface area contributed by atoms with E-state index in [1.54, 1.807) is 0 Å². The molecule has 19 heavy (non-hydrogen) atoms. The second-order valence-electron chi connectivity index (χ2n) is 5.76. The summed E-state index contributed by atoms with van der Waals surface area (Å²) in [5, 5.41) is 28.9. The van der Waals surface area contributed by atoms with E-state index in [1.807, 2.05) is 20.8 Å². The molecule has 5 unspecified atom stereocenters. The van der Waals surface area contributed by atoms with Gasteiger partial charge in [0.2, 0.25) is 6.29 Å². The molecule has 7 nitrogen and oxygen atoms in total. The molecule has 0 aromatic rings. The fourth-order valence-electron chi connectivity index (χ4n) is 1.60. The molecule has 112 valence electrons. The summed E-state index contributed by atoms with van der Waals surface area (Å²) in [6.45, 7) is 6.51. The molecule has 0 bridgehead atoms. The molecule has 0 aromatic carbocycles. The van der Waals surface area contributed by atoms with E-state index in [2.05, 4.69) is 4.74 Å². The maximum atomic E-state index is 10.3. The number of carbonyl (C=O) groups is 1. The maximum Gasteiger partial charge on any atom is 0.295 e. The van der Waals surface area contributed by atoms with Crippen LogP contribution in [0, 0.1) is 5.41 Å². The minimum Gasteiger partial charge on any atom is -0.435 e. The zero-order chi connectivity index (χ0) is 14.6. The van der Waals surface area contributed by atoms with Crippen molar-refractivity contribution < 1.29 is 34.3 Å². The molecule has 1 fully saturated rings. The lowest BCUT2D eigenvalue weighted by Gasteiger charge is -2.39. The molecule has 1 rings (SSSR count). The highest BCUT2D eigenvalue weighted by Crippen LogP contribution is 2.24. The summed E-state index contributed by atoms with van der Waals surface area (Å²) < 4.78 is 14.9. The molecule has 3 N–H and O–H groups in total. The van der Waals surface area contributed by atoms with Crippen LogP contribution in [0.5, 0.6) is 0 Å². The van der Waals surface area contributed by atoms with Crippen molar-refractivity contribution in [1.82, 2.24) is 0 Å². The summed E-state index contributed by atoms with van der Waals surface area (Å²) in [5.41, 5.74) is 0.0520. The highest BCUT2D eigenvalue weighted by molar-refractivity contribution is 5.37. The number of aliphatic hydroxyl groups is 3. The standard InChI is InChI=1S/C12H22O7/c1-12(2,3)4-5-17-10-8(15)7(14)9(16)11(19-10)18-6-13/h6-11,14-16H,4-5H2,1-3H3. The Hall–Kier alpha value is -0.730. The van der Waals surface area contributed by atoms with Crippen molar-refractivity contribution >= 4 is 6.47 Å². The smallest absolute Gasteiger partial charge is 0.295 e. The van der Waals surface area contributed by atoms with Crippen molar-refractivity contribution in [2.24, 2.45) is 5.41 Å². The summed E-state index contributed by atoms with van der Waals surface area (Å²) in [7, 11) is 0. The quantitative estimate of drug-likeness (QED) is 0.575. The number of carbonyl (C=O) groups excluding carboxylic acids is 1. The highest BCUT2D eigenvalue weighted by atomic mass is 16.8. The van der Waals surface area contributed by atoms with E-state index in [0.717, 1.165) is 6.42 Å². The molecule has 0 aromatic heterocycles. The molecule has 1 aliphatic heterocycles. The van der Waals surface area contributed by atoms with E-state index in [1.165, 1.54) is 0 Å². The zero-order valence-corrected chi connectivity index (χ0v) is 11.4. The van der Waals surface area contributed by atoms with Crippen LogP contribution in [0.25, 0.3) is 0 Å². The summed E-state index contributed by atoms with van der Waals surface area (Å²) in [6.07, 6.45) is -6.19. The molecule has 0 radical (unpaired) electrons. The predicted octanol–water partition coefficient (Wildman–Crippen LogP) is -0.623. The number of ether oxygens (including phenoxy) is 3. The molecule has 1 aliphatic rings. The van der Waals surface area contributed by atoms with Crippen LogP contribution in [0.15, 0.2) is 0 Å². The van der Waals surface area contributed by atoms with Gasteiger partial charge in [-0.25, -0.2) is 0 Å². The normalized spacial score (nSPS) is 36.0. The predicted molar refractivity (Wildman–Crippen MR) is 63.9 cm³/mol. The van der Waals surface area contributed by atoms with E-state index in [9.17, 15) is 20.1 Å². The molecular weight excluding hydrogens is 256 g/mol. The Labute approximate surface area is 112 Å². The van der Waals surface area contributed by atoms with Crippen LogP contribution in [-0.2, 0) is 19.0 Å². The van der Waals surface area contributed by atoms with Gasteiger partial charge in [0.15, 0.2) is 6.29 Å². The fraction of sp³-hybridized carbons (Fsp3) is 0.917. The first-order valence-corrected chi connectivity index (χ1v) is 6.16. The number of hydrogen-bond acceptors (Lipinski definition) is 7. The molecule has 0 saturated carbocycles. The Morgan fingerprint density at radius 3 is 2.21 bits per heavy atom. The summed E-state index contributed by atoms with van der Waals surface area (Å²) in [6, 6.07) is 0. The van der Waals surface area contributed by atoms with Gasteiger partial charge in [0.1, 0.15) is 18.3 Å². The van der Waals surface area contributed by atoms with Gasteiger partial charge in [-0.3, -0.25) is 4.79 Å². The second kappa shape index (κ2) is 6.62. The van der Waals surface area contributed by atoms with Gasteiger partial charge >= 0.3 is 0 Å². The molecule has 5 atom stereocenters. The first-order valence-electron chi connectivity index (χ1n) is 6.16. The SMILES string of the molecule is CC(C)(C)CCOC1OC(OC=O)C(O)C(O)C1O. The van der Waals surface area contributed by atoms with E-state index in [4.69, 9.17) is 9.47 Å². The van der Waals surface area contributed by atoms with Gasteiger partial charge in [-0.1, -0.05) is 20.8 Å². The average molecular weight is 278 g/mol. The van der Waals surface area contributed by atoms with Crippen LogP contribution in [-0.4, -0.2) is 59.3 Å². The van der Waals surface area contributed by atoms with Gasteiger partial charge in [0, 0.05) is 0 Å². The Bertz CT molecular complexity index is 288. The van der Waals surface area contributed by atoms with E-state index in [0.29, 0.717) is 6.61 Å². The van der Waals surface area contributed by atoms with Crippen LogP contribution in [0.3, 0.4) is 0 Å².